The summed E-state index contributed by atoms with van der Waals surface area (Å²) in [4.78, 5) is 19.9. The van der Waals surface area contributed by atoms with Gasteiger partial charge in [-0.15, -0.1) is 0 Å². The van der Waals surface area contributed by atoms with E-state index in [1.165, 1.54) is 12.8 Å². The highest BCUT2D eigenvalue weighted by Crippen LogP contribution is 2.36. The summed E-state index contributed by atoms with van der Waals surface area (Å²) in [5.74, 6) is 1.44. The van der Waals surface area contributed by atoms with Crippen LogP contribution < -0.4 is 9.47 Å². The van der Waals surface area contributed by atoms with Gasteiger partial charge in [0.05, 0.1) is 33.0 Å². The summed E-state index contributed by atoms with van der Waals surface area (Å²) < 4.78 is 37.7. The molecule has 10 heteroatoms. The van der Waals surface area contributed by atoms with E-state index in [9.17, 15) is 4.57 Å². The van der Waals surface area contributed by atoms with Gasteiger partial charge in [0.25, 0.3) is 0 Å². The lowest BCUT2D eigenvalue weighted by Crippen LogP contribution is -2.46. The summed E-state index contributed by atoms with van der Waals surface area (Å²) in [6.45, 7) is 1.87. The van der Waals surface area contributed by atoms with Crippen LogP contribution in [0.15, 0.2) is 18.2 Å². The molecule has 1 saturated carbocycles. The second kappa shape index (κ2) is 11.6. The van der Waals surface area contributed by atoms with E-state index < -0.39 is 14.6 Å². The molecule has 0 bridgehead atoms. The maximum absolute atomic E-state index is 10.8. The molecule has 1 unspecified atom stereocenters. The van der Waals surface area contributed by atoms with Gasteiger partial charge < -0.3 is 28.7 Å². The number of phosphoric acid groups is 1. The van der Waals surface area contributed by atoms with Crippen molar-refractivity contribution < 1.29 is 37.8 Å². The van der Waals surface area contributed by atoms with Crippen molar-refractivity contribution in [2.24, 2.45) is 0 Å². The first-order chi connectivity index (χ1) is 14.9. The minimum Gasteiger partial charge on any atom is -0.493 e. The van der Waals surface area contributed by atoms with Crippen LogP contribution in [0.5, 0.6) is 11.5 Å². The van der Waals surface area contributed by atoms with Gasteiger partial charge in [-0.05, 0) is 43.4 Å². The van der Waals surface area contributed by atoms with Crippen molar-refractivity contribution in [3.8, 4) is 11.5 Å². The molecule has 176 valence electrons. The van der Waals surface area contributed by atoms with E-state index in [1.807, 2.05) is 18.2 Å². The molecule has 1 aromatic rings. The molecule has 1 aliphatic carbocycles. The maximum Gasteiger partial charge on any atom is 0.471 e. The number of nitrogens with zero attached hydrogens (tertiary/aromatic N) is 1. The van der Waals surface area contributed by atoms with E-state index in [-0.39, 0.29) is 12.2 Å². The Balaban J connectivity index is 1.47. The van der Waals surface area contributed by atoms with Gasteiger partial charge in [0, 0.05) is 19.1 Å². The zero-order valence-electron chi connectivity index (χ0n) is 18.3. The third-order valence-electron chi connectivity index (χ3n) is 6.01. The summed E-state index contributed by atoms with van der Waals surface area (Å²) in [5, 5.41) is 0. The quantitative estimate of drug-likeness (QED) is 0.382. The van der Waals surface area contributed by atoms with Crippen LogP contribution in [-0.2, 0) is 25.0 Å². The van der Waals surface area contributed by atoms with Crippen molar-refractivity contribution in [1.82, 2.24) is 4.90 Å². The Morgan fingerprint density at radius 2 is 1.84 bits per heavy atom. The highest BCUT2D eigenvalue weighted by molar-refractivity contribution is 7.46. The first kappa shape index (κ1) is 24.5. The lowest BCUT2D eigenvalue weighted by molar-refractivity contribution is -0.0552. The third-order valence-corrected chi connectivity index (χ3v) is 6.45. The Labute approximate surface area is 183 Å². The molecule has 0 aromatic heterocycles. The van der Waals surface area contributed by atoms with Gasteiger partial charge in [-0.3, -0.25) is 9.42 Å². The van der Waals surface area contributed by atoms with Crippen LogP contribution in [0.4, 0.5) is 0 Å². The minimum atomic E-state index is -4.50. The molecule has 2 aliphatic rings. The van der Waals surface area contributed by atoms with Gasteiger partial charge >= 0.3 is 7.82 Å². The number of likely N-dealkylation sites (tertiary alicyclic amines) is 1. The Bertz CT molecular complexity index is 742. The Kier molecular flexibility index (Phi) is 9.16. The molecule has 0 spiro atoms. The summed E-state index contributed by atoms with van der Waals surface area (Å²) >= 11 is 0. The number of methoxy groups -OCH3 is 2. The molecule has 2 fully saturated rings. The molecule has 0 amide bonds. The van der Waals surface area contributed by atoms with Crippen molar-refractivity contribution in [2.45, 2.75) is 56.8 Å². The highest BCUT2D eigenvalue weighted by atomic mass is 31.2. The molecule has 1 aliphatic heterocycles. The SMILES string of the molecule is COc1ccc(CCO[C@@H]2CCCC[C@H]2N2CCC(OCOP(=O)(O)O)C2)cc1OC. The van der Waals surface area contributed by atoms with E-state index in [4.69, 9.17) is 28.7 Å². The highest BCUT2D eigenvalue weighted by Gasteiger charge is 2.35. The van der Waals surface area contributed by atoms with Crippen molar-refractivity contribution >= 4 is 7.82 Å². The van der Waals surface area contributed by atoms with Gasteiger partial charge in [0.15, 0.2) is 18.3 Å². The fraction of sp³-hybridized carbons (Fsp3) is 0.714. The first-order valence-electron chi connectivity index (χ1n) is 10.8. The van der Waals surface area contributed by atoms with Crippen LogP contribution >= 0.6 is 7.82 Å². The summed E-state index contributed by atoms with van der Waals surface area (Å²) in [7, 11) is -1.23. The average molecular weight is 459 g/mol. The molecule has 1 heterocycles. The van der Waals surface area contributed by atoms with Gasteiger partial charge in [-0.1, -0.05) is 18.9 Å². The largest absolute Gasteiger partial charge is 0.493 e. The molecule has 3 atom stereocenters. The maximum atomic E-state index is 10.8. The van der Waals surface area contributed by atoms with Gasteiger partial charge in [-0.25, -0.2) is 4.57 Å². The molecule has 1 saturated heterocycles. The Hall–Kier alpha value is -1.19. The van der Waals surface area contributed by atoms with E-state index >= 15 is 0 Å². The zero-order valence-corrected chi connectivity index (χ0v) is 19.2. The molecule has 2 N–H and O–H groups in total. The molecule has 1 aromatic carbocycles. The molecule has 31 heavy (non-hydrogen) atoms. The van der Waals surface area contributed by atoms with Crippen LogP contribution in [0, 0.1) is 0 Å². The van der Waals surface area contributed by atoms with Crippen LogP contribution in [0.3, 0.4) is 0 Å². The Morgan fingerprint density at radius 3 is 2.58 bits per heavy atom. The normalized spacial score (nSPS) is 25.0. The van der Waals surface area contributed by atoms with Crippen molar-refractivity contribution in [3.05, 3.63) is 23.8 Å². The fourth-order valence-electron chi connectivity index (χ4n) is 4.44. The van der Waals surface area contributed by atoms with Crippen LogP contribution in [0.2, 0.25) is 0 Å². The topological polar surface area (TPSA) is 107 Å². The smallest absolute Gasteiger partial charge is 0.471 e. The fourth-order valence-corrected chi connectivity index (χ4v) is 4.64. The van der Waals surface area contributed by atoms with Gasteiger partial charge in [0.2, 0.25) is 0 Å². The number of rotatable bonds is 11. The third kappa shape index (κ3) is 7.43. The summed E-state index contributed by atoms with van der Waals surface area (Å²) in [5.41, 5.74) is 1.14. The second-order valence-corrected chi connectivity index (χ2v) is 9.25. The average Bonchev–Trinajstić information content (AvgIpc) is 3.21. The lowest BCUT2D eigenvalue weighted by atomic mass is 9.91. The number of phosphoric ester groups is 1. The van der Waals surface area contributed by atoms with Crippen LogP contribution in [-0.4, -0.2) is 73.6 Å². The van der Waals surface area contributed by atoms with E-state index in [2.05, 4.69) is 9.42 Å². The van der Waals surface area contributed by atoms with E-state index in [0.29, 0.717) is 12.6 Å². The van der Waals surface area contributed by atoms with Crippen LogP contribution in [0.25, 0.3) is 0 Å². The monoisotopic (exact) mass is 459 g/mol. The second-order valence-electron chi connectivity index (χ2n) is 8.01. The Morgan fingerprint density at radius 1 is 1.06 bits per heavy atom. The number of hydrogen-bond acceptors (Lipinski definition) is 7. The van der Waals surface area contributed by atoms with Crippen molar-refractivity contribution in [3.63, 3.8) is 0 Å². The molecular formula is C21H34NO8P. The molecule has 0 radical (unpaired) electrons. The predicted octanol–water partition coefficient (Wildman–Crippen LogP) is 2.73. The lowest BCUT2D eigenvalue weighted by Gasteiger charge is -2.37. The van der Waals surface area contributed by atoms with Gasteiger partial charge in [-0.2, -0.15) is 0 Å². The summed E-state index contributed by atoms with van der Waals surface area (Å²) in [6, 6.07) is 6.28. The minimum absolute atomic E-state index is 0.0825. The molecule has 3 rings (SSSR count). The molecular weight excluding hydrogens is 425 g/mol. The van der Waals surface area contributed by atoms with Gasteiger partial charge in [0.1, 0.15) is 0 Å². The van der Waals surface area contributed by atoms with Crippen molar-refractivity contribution in [2.75, 3.05) is 40.7 Å². The van der Waals surface area contributed by atoms with Crippen LogP contribution in [0.1, 0.15) is 37.7 Å². The number of ether oxygens (including phenoxy) is 4. The first-order valence-corrected chi connectivity index (χ1v) is 12.3. The predicted molar refractivity (Wildman–Crippen MR) is 114 cm³/mol. The zero-order chi connectivity index (χ0) is 22.3. The number of hydrogen-bond donors (Lipinski definition) is 2. The number of benzene rings is 1. The van der Waals surface area contributed by atoms with E-state index in [0.717, 1.165) is 55.8 Å². The summed E-state index contributed by atoms with van der Waals surface area (Å²) in [6.07, 6.45) is 6.20. The van der Waals surface area contributed by atoms with E-state index in [1.54, 1.807) is 14.2 Å². The standard InChI is InChI=1S/C21H34NO8P/c1-26-20-8-7-16(13-21(20)27-2)10-12-28-19-6-4-3-5-18(19)22-11-9-17(14-22)29-15-30-31(23,24)25/h7-8,13,17-19H,3-6,9-12,14-15H2,1-2H3,(H2,23,24,25)/t17?,18-,19-/m1/s1. The van der Waals surface area contributed by atoms with Crippen molar-refractivity contribution in [1.29, 1.82) is 0 Å². The molecule has 9 nitrogen and oxygen atoms in total.